The predicted molar refractivity (Wildman–Crippen MR) is 79.3 cm³/mol. The molecule has 1 atom stereocenters. The van der Waals surface area contributed by atoms with Gasteiger partial charge in [0.1, 0.15) is 5.75 Å². The van der Waals surface area contributed by atoms with Gasteiger partial charge < -0.3 is 14.8 Å². The van der Waals surface area contributed by atoms with Crippen LogP contribution >= 0.6 is 0 Å². The van der Waals surface area contributed by atoms with Crippen LogP contribution in [0.1, 0.15) is 20.3 Å². The average molecular weight is 308 g/mol. The second-order valence-corrected chi connectivity index (χ2v) is 4.34. The van der Waals surface area contributed by atoms with Crippen LogP contribution in [-0.2, 0) is 14.3 Å². The van der Waals surface area contributed by atoms with Gasteiger partial charge in [0.15, 0.2) is 12.7 Å². The molecule has 1 aromatic rings. The van der Waals surface area contributed by atoms with Gasteiger partial charge in [-0.1, -0.05) is 25.1 Å². The molecule has 7 nitrogen and oxygen atoms in total. The van der Waals surface area contributed by atoms with E-state index in [1.807, 2.05) is 11.4 Å². The van der Waals surface area contributed by atoms with E-state index in [0.717, 1.165) is 0 Å². The maximum absolute atomic E-state index is 11.9. The molecule has 1 aromatic carbocycles. The highest BCUT2D eigenvalue weighted by Crippen LogP contribution is 2.13. The van der Waals surface area contributed by atoms with Gasteiger partial charge in [0, 0.05) is 6.54 Å². The normalized spacial score (nSPS) is 11.2. The Bertz CT molecular complexity index is 504. The van der Waals surface area contributed by atoms with Crippen LogP contribution in [0.25, 0.3) is 0 Å². The van der Waals surface area contributed by atoms with E-state index in [9.17, 15) is 14.4 Å². The Kier molecular flexibility index (Phi) is 7.45. The minimum Gasteiger partial charge on any atom is -0.479 e. The summed E-state index contributed by atoms with van der Waals surface area (Å²) in [4.78, 5) is 34.4. The second kappa shape index (κ2) is 9.38. The molecule has 0 bridgehead atoms. The van der Waals surface area contributed by atoms with Gasteiger partial charge in [0.25, 0.3) is 5.91 Å². The number of hydrogen-bond donors (Lipinski definition) is 2. The smallest absolute Gasteiger partial charge is 0.347 e. The lowest BCUT2D eigenvalue weighted by molar-refractivity contribution is -0.155. The summed E-state index contributed by atoms with van der Waals surface area (Å²) in [6.45, 7) is 3.34. The molecule has 0 aromatic heterocycles. The number of urea groups is 1. The van der Waals surface area contributed by atoms with Crippen LogP contribution in [0.5, 0.6) is 5.75 Å². The van der Waals surface area contributed by atoms with E-state index in [2.05, 4.69) is 5.32 Å². The number of para-hydroxylation sites is 1. The van der Waals surface area contributed by atoms with Crippen LogP contribution in [0.3, 0.4) is 0 Å². The number of hydrogen-bond acceptors (Lipinski definition) is 5. The third kappa shape index (κ3) is 6.25. The number of amides is 3. The molecule has 0 aliphatic rings. The first-order valence-electron chi connectivity index (χ1n) is 7.02. The van der Waals surface area contributed by atoms with Crippen LogP contribution in [-0.4, -0.2) is 37.2 Å². The molecule has 0 saturated heterocycles. The number of esters is 1. The van der Waals surface area contributed by atoms with Gasteiger partial charge in [-0.25, -0.2) is 9.59 Å². The summed E-state index contributed by atoms with van der Waals surface area (Å²) in [5, 5.41) is 4.43. The van der Waals surface area contributed by atoms with Crippen LogP contribution in [0, 0.1) is 0 Å². The zero-order valence-corrected chi connectivity index (χ0v) is 12.6. The van der Waals surface area contributed by atoms with Gasteiger partial charge in [-0.15, -0.1) is 0 Å². The van der Waals surface area contributed by atoms with Crippen molar-refractivity contribution in [2.75, 3.05) is 13.2 Å². The van der Waals surface area contributed by atoms with E-state index in [-0.39, 0.29) is 0 Å². The minimum absolute atomic E-state index is 0.391. The van der Waals surface area contributed by atoms with Crippen molar-refractivity contribution in [3.05, 3.63) is 30.3 Å². The Labute approximate surface area is 129 Å². The topological polar surface area (TPSA) is 93.7 Å². The van der Waals surface area contributed by atoms with Crippen molar-refractivity contribution in [2.24, 2.45) is 0 Å². The Morgan fingerprint density at radius 3 is 2.41 bits per heavy atom. The highest BCUT2D eigenvalue weighted by Gasteiger charge is 2.21. The maximum atomic E-state index is 11.9. The number of nitrogens with one attached hydrogen (secondary N) is 2. The molecule has 0 heterocycles. The lowest BCUT2D eigenvalue weighted by Crippen LogP contribution is -2.42. The number of imide groups is 1. The summed E-state index contributed by atoms with van der Waals surface area (Å²) in [5.74, 6) is -0.815. The molecular formula is C15H20N2O5. The van der Waals surface area contributed by atoms with Crippen molar-refractivity contribution in [2.45, 2.75) is 26.4 Å². The molecule has 0 aliphatic carbocycles. The van der Waals surface area contributed by atoms with Crippen molar-refractivity contribution in [3.63, 3.8) is 0 Å². The highest BCUT2D eigenvalue weighted by molar-refractivity contribution is 5.95. The number of carbonyl (C=O) groups excluding carboxylic acids is 3. The molecule has 120 valence electrons. The van der Waals surface area contributed by atoms with Gasteiger partial charge in [-0.3, -0.25) is 10.1 Å². The first-order valence-corrected chi connectivity index (χ1v) is 7.02. The molecule has 0 unspecified atom stereocenters. The lowest BCUT2D eigenvalue weighted by atomic mass is 10.2. The van der Waals surface area contributed by atoms with Gasteiger partial charge in [0.2, 0.25) is 0 Å². The first kappa shape index (κ1) is 17.5. The van der Waals surface area contributed by atoms with Crippen LogP contribution < -0.4 is 15.4 Å². The highest BCUT2D eigenvalue weighted by atomic mass is 16.6. The molecule has 0 aliphatic heterocycles. The van der Waals surface area contributed by atoms with Crippen LogP contribution in [0.4, 0.5) is 4.79 Å². The standard InChI is InChI=1S/C15H20N2O5/c1-3-12(22-11-8-6-5-7-9-11)14(19)21-10-13(18)17-15(20)16-4-2/h5-9,12H,3-4,10H2,1-2H3,(H2,16,17,18,20)/t12-/m0/s1. The summed E-state index contributed by atoms with van der Waals surface area (Å²) < 4.78 is 10.3. The van der Waals surface area contributed by atoms with E-state index in [0.29, 0.717) is 18.7 Å². The van der Waals surface area contributed by atoms with E-state index >= 15 is 0 Å². The molecular weight excluding hydrogens is 288 g/mol. The SMILES string of the molecule is CCNC(=O)NC(=O)COC(=O)[C@H](CC)Oc1ccccc1. The first-order chi connectivity index (χ1) is 10.6. The monoisotopic (exact) mass is 308 g/mol. The fraction of sp³-hybridized carbons (Fsp3) is 0.400. The molecule has 0 saturated carbocycles. The van der Waals surface area contributed by atoms with Crippen LogP contribution in [0.2, 0.25) is 0 Å². The largest absolute Gasteiger partial charge is 0.479 e. The van der Waals surface area contributed by atoms with Crippen molar-refractivity contribution in [1.29, 1.82) is 0 Å². The molecule has 7 heteroatoms. The van der Waals surface area contributed by atoms with Crippen LogP contribution in [0.15, 0.2) is 30.3 Å². The molecule has 2 N–H and O–H groups in total. The number of benzene rings is 1. The van der Waals surface area contributed by atoms with Gasteiger partial charge in [-0.05, 0) is 25.5 Å². The number of carbonyl (C=O) groups is 3. The van der Waals surface area contributed by atoms with Gasteiger partial charge >= 0.3 is 12.0 Å². The zero-order chi connectivity index (χ0) is 16.4. The molecule has 0 radical (unpaired) electrons. The summed E-state index contributed by atoms with van der Waals surface area (Å²) in [7, 11) is 0. The second-order valence-electron chi connectivity index (χ2n) is 4.34. The molecule has 22 heavy (non-hydrogen) atoms. The summed E-state index contributed by atoms with van der Waals surface area (Å²) in [6.07, 6.45) is -0.411. The van der Waals surface area contributed by atoms with E-state index in [1.54, 1.807) is 38.1 Å². The van der Waals surface area contributed by atoms with E-state index in [1.165, 1.54) is 0 Å². The quantitative estimate of drug-likeness (QED) is 0.739. The Morgan fingerprint density at radius 2 is 1.82 bits per heavy atom. The Morgan fingerprint density at radius 1 is 1.14 bits per heavy atom. The van der Waals surface area contributed by atoms with E-state index < -0.39 is 30.6 Å². The van der Waals surface area contributed by atoms with E-state index in [4.69, 9.17) is 9.47 Å². The molecule has 3 amide bonds. The van der Waals surface area contributed by atoms with Crippen molar-refractivity contribution < 1.29 is 23.9 Å². The Balaban J connectivity index is 2.42. The minimum atomic E-state index is -0.806. The van der Waals surface area contributed by atoms with Crippen molar-refractivity contribution in [1.82, 2.24) is 10.6 Å². The third-order valence-electron chi connectivity index (χ3n) is 2.59. The average Bonchev–Trinajstić information content (AvgIpc) is 2.51. The van der Waals surface area contributed by atoms with Gasteiger partial charge in [-0.2, -0.15) is 0 Å². The van der Waals surface area contributed by atoms with Crippen molar-refractivity contribution in [3.8, 4) is 5.75 Å². The number of ether oxygens (including phenoxy) is 2. The molecule has 0 fully saturated rings. The predicted octanol–water partition coefficient (Wildman–Crippen LogP) is 1.23. The fourth-order valence-electron chi connectivity index (χ4n) is 1.56. The fourth-order valence-corrected chi connectivity index (χ4v) is 1.56. The lowest BCUT2D eigenvalue weighted by Gasteiger charge is -2.16. The van der Waals surface area contributed by atoms with Gasteiger partial charge in [0.05, 0.1) is 0 Å². The zero-order valence-electron chi connectivity index (χ0n) is 12.6. The summed E-state index contributed by atoms with van der Waals surface area (Å²) in [5.41, 5.74) is 0. The number of rotatable bonds is 7. The maximum Gasteiger partial charge on any atom is 0.347 e. The molecule has 1 rings (SSSR count). The van der Waals surface area contributed by atoms with Crippen molar-refractivity contribution >= 4 is 17.9 Å². The molecule has 0 spiro atoms. The summed E-state index contributed by atoms with van der Waals surface area (Å²) >= 11 is 0. The third-order valence-corrected chi connectivity index (χ3v) is 2.59. The summed E-state index contributed by atoms with van der Waals surface area (Å²) in [6, 6.07) is 8.21. The Hall–Kier alpha value is -2.57.